The van der Waals surface area contributed by atoms with Crippen molar-refractivity contribution in [1.82, 2.24) is 8.87 Å². The van der Waals surface area contributed by atoms with E-state index in [0.29, 0.717) is 13.1 Å². The summed E-state index contributed by atoms with van der Waals surface area (Å²) in [6, 6.07) is 8.09. The number of nitrogens with one attached hydrogen (secondary N) is 1. The molecule has 0 unspecified atom stereocenters. The van der Waals surface area contributed by atoms with Crippen LogP contribution in [-0.2, 0) is 21.4 Å². The molecule has 2 heterocycles. The average molecular weight is 420 g/mol. The van der Waals surface area contributed by atoms with Gasteiger partial charge in [0.25, 0.3) is 11.2 Å². The van der Waals surface area contributed by atoms with Crippen molar-refractivity contribution in [3.63, 3.8) is 0 Å². The van der Waals surface area contributed by atoms with Crippen LogP contribution in [0.3, 0.4) is 0 Å². The Kier molecular flexibility index (Phi) is 6.09. The fourth-order valence-corrected chi connectivity index (χ4v) is 4.80. The number of nitro groups is 1. The molecule has 0 aliphatic carbocycles. The molecule has 3 rings (SSSR count). The first-order valence-electron chi connectivity index (χ1n) is 9.03. The van der Waals surface area contributed by atoms with E-state index in [1.807, 2.05) is 0 Å². The molecule has 0 radical (unpaired) electrons. The van der Waals surface area contributed by atoms with E-state index in [-0.39, 0.29) is 16.3 Å². The minimum atomic E-state index is -3.78. The molecular weight excluding hydrogens is 400 g/mol. The van der Waals surface area contributed by atoms with E-state index in [9.17, 15) is 28.1 Å². The third-order valence-corrected chi connectivity index (χ3v) is 6.54. The standard InChI is InChI=1S/C18H20N4O6S/c23-17(13-20-12-14(22(25)26)8-9-18(20)24)19-15-6-2-3-7-16(15)29(27,28)21-10-4-1-5-11-21/h2-3,6-9,12H,1,4-5,10-11,13H2,(H,19,23). The van der Waals surface area contributed by atoms with Crippen LogP contribution in [0.5, 0.6) is 0 Å². The molecule has 1 amide bonds. The normalized spacial score (nSPS) is 15.0. The summed E-state index contributed by atoms with van der Waals surface area (Å²) in [5, 5.41) is 13.4. The molecule has 154 valence electrons. The molecule has 0 spiro atoms. The summed E-state index contributed by atoms with van der Waals surface area (Å²) in [7, 11) is -3.78. The average Bonchev–Trinajstić information content (AvgIpc) is 2.70. The van der Waals surface area contributed by atoms with Crippen LogP contribution in [0.15, 0.2) is 52.3 Å². The number of hydrogen-bond acceptors (Lipinski definition) is 6. The number of hydrogen-bond donors (Lipinski definition) is 1. The second kappa shape index (κ2) is 8.53. The van der Waals surface area contributed by atoms with E-state index >= 15 is 0 Å². The number of carbonyl (C=O) groups excluding carboxylic acids is 1. The van der Waals surface area contributed by atoms with Gasteiger partial charge in [0.15, 0.2) is 0 Å². The first-order chi connectivity index (χ1) is 13.8. The first-order valence-corrected chi connectivity index (χ1v) is 10.5. The predicted molar refractivity (Wildman–Crippen MR) is 105 cm³/mol. The minimum Gasteiger partial charge on any atom is -0.323 e. The Morgan fingerprint density at radius 3 is 2.48 bits per heavy atom. The first kappa shape index (κ1) is 20.7. The van der Waals surface area contributed by atoms with Crippen molar-refractivity contribution in [3.05, 3.63) is 63.1 Å². The highest BCUT2D eigenvalue weighted by molar-refractivity contribution is 7.89. The molecule has 1 aromatic carbocycles. The lowest BCUT2D eigenvalue weighted by atomic mass is 10.2. The van der Waals surface area contributed by atoms with E-state index in [2.05, 4.69) is 5.32 Å². The third-order valence-electron chi connectivity index (χ3n) is 4.59. The quantitative estimate of drug-likeness (QED) is 0.557. The van der Waals surface area contributed by atoms with Crippen LogP contribution in [-0.4, -0.2) is 41.2 Å². The summed E-state index contributed by atoms with van der Waals surface area (Å²) in [4.78, 5) is 34.5. The number of sulfonamides is 1. The summed E-state index contributed by atoms with van der Waals surface area (Å²) in [6.45, 7) is 0.361. The molecule has 11 heteroatoms. The van der Waals surface area contributed by atoms with Crippen LogP contribution < -0.4 is 10.9 Å². The van der Waals surface area contributed by atoms with Gasteiger partial charge in [0.2, 0.25) is 15.9 Å². The van der Waals surface area contributed by atoms with Crippen LogP contribution in [0, 0.1) is 10.1 Å². The molecule has 1 N–H and O–H groups in total. The van der Waals surface area contributed by atoms with Gasteiger partial charge in [-0.25, -0.2) is 8.42 Å². The van der Waals surface area contributed by atoms with E-state index < -0.39 is 33.0 Å². The highest BCUT2D eigenvalue weighted by atomic mass is 32.2. The molecule has 0 saturated carbocycles. The smallest absolute Gasteiger partial charge is 0.285 e. The van der Waals surface area contributed by atoms with Crippen molar-refractivity contribution in [3.8, 4) is 0 Å². The van der Waals surface area contributed by atoms with Gasteiger partial charge >= 0.3 is 0 Å². The lowest BCUT2D eigenvalue weighted by Gasteiger charge is -2.26. The zero-order valence-corrected chi connectivity index (χ0v) is 16.3. The SMILES string of the molecule is O=C(Cn1cc([N+](=O)[O-])ccc1=O)Nc1ccccc1S(=O)(=O)N1CCCCC1. The van der Waals surface area contributed by atoms with E-state index in [1.54, 1.807) is 12.1 Å². The molecule has 2 aromatic rings. The van der Waals surface area contributed by atoms with Crippen LogP contribution in [0.2, 0.25) is 0 Å². The number of pyridine rings is 1. The monoisotopic (exact) mass is 420 g/mol. The molecule has 0 bridgehead atoms. The number of piperidine rings is 1. The molecule has 10 nitrogen and oxygen atoms in total. The van der Waals surface area contributed by atoms with Gasteiger partial charge < -0.3 is 5.32 Å². The van der Waals surface area contributed by atoms with E-state index in [4.69, 9.17) is 0 Å². The van der Waals surface area contributed by atoms with Crippen LogP contribution in [0.4, 0.5) is 11.4 Å². The van der Waals surface area contributed by atoms with E-state index in [0.717, 1.165) is 42.2 Å². The summed E-state index contributed by atoms with van der Waals surface area (Å²) in [5.74, 6) is -0.672. The van der Waals surface area contributed by atoms with Crippen molar-refractivity contribution in [2.24, 2.45) is 0 Å². The van der Waals surface area contributed by atoms with Crippen molar-refractivity contribution < 1.29 is 18.1 Å². The number of carbonyl (C=O) groups is 1. The number of amides is 1. The number of aromatic nitrogens is 1. The number of para-hydroxylation sites is 1. The number of anilines is 1. The second-order valence-electron chi connectivity index (χ2n) is 6.62. The summed E-state index contributed by atoms with van der Waals surface area (Å²) in [6.07, 6.45) is 3.51. The van der Waals surface area contributed by atoms with Gasteiger partial charge in [-0.05, 0) is 25.0 Å². The molecule has 1 aromatic heterocycles. The molecule has 1 saturated heterocycles. The van der Waals surface area contributed by atoms with Crippen LogP contribution >= 0.6 is 0 Å². The molecule has 1 aliphatic rings. The molecule has 0 atom stereocenters. The van der Waals surface area contributed by atoms with Gasteiger partial charge in [-0.1, -0.05) is 18.6 Å². The highest BCUT2D eigenvalue weighted by Gasteiger charge is 2.28. The van der Waals surface area contributed by atoms with E-state index in [1.165, 1.54) is 16.4 Å². The molecule has 29 heavy (non-hydrogen) atoms. The molecule has 1 fully saturated rings. The molecule has 1 aliphatic heterocycles. The third kappa shape index (κ3) is 4.69. The number of benzene rings is 1. The Morgan fingerprint density at radius 2 is 1.79 bits per heavy atom. The van der Waals surface area contributed by atoms with Gasteiger partial charge in [0.05, 0.1) is 16.8 Å². The van der Waals surface area contributed by atoms with Gasteiger partial charge in [-0.3, -0.25) is 24.3 Å². The highest BCUT2D eigenvalue weighted by Crippen LogP contribution is 2.26. The Morgan fingerprint density at radius 1 is 1.10 bits per heavy atom. The minimum absolute atomic E-state index is 0.0263. The van der Waals surface area contributed by atoms with Crippen molar-refractivity contribution in [2.75, 3.05) is 18.4 Å². The van der Waals surface area contributed by atoms with Crippen molar-refractivity contribution in [2.45, 2.75) is 30.7 Å². The Bertz CT molecular complexity index is 1090. The van der Waals surface area contributed by atoms with Crippen LogP contribution in [0.25, 0.3) is 0 Å². The van der Waals surface area contributed by atoms with Gasteiger partial charge in [0, 0.05) is 25.2 Å². The summed E-state index contributed by atoms with van der Waals surface area (Å²) < 4.78 is 28.2. The lowest BCUT2D eigenvalue weighted by molar-refractivity contribution is -0.385. The number of nitrogens with zero attached hydrogens (tertiary/aromatic N) is 3. The summed E-state index contributed by atoms with van der Waals surface area (Å²) >= 11 is 0. The largest absolute Gasteiger partial charge is 0.323 e. The van der Waals surface area contributed by atoms with Crippen molar-refractivity contribution in [1.29, 1.82) is 0 Å². The summed E-state index contributed by atoms with van der Waals surface area (Å²) in [5.41, 5.74) is -0.813. The zero-order valence-electron chi connectivity index (χ0n) is 15.5. The molecular formula is C18H20N4O6S. The topological polar surface area (TPSA) is 132 Å². The fraction of sp³-hybridized carbons (Fsp3) is 0.333. The van der Waals surface area contributed by atoms with Gasteiger partial charge in [0.1, 0.15) is 11.4 Å². The Balaban J connectivity index is 1.83. The lowest BCUT2D eigenvalue weighted by Crippen LogP contribution is -2.36. The van der Waals surface area contributed by atoms with Gasteiger partial charge in [-0.15, -0.1) is 0 Å². The second-order valence-corrected chi connectivity index (χ2v) is 8.53. The van der Waals surface area contributed by atoms with Crippen molar-refractivity contribution >= 4 is 27.3 Å². The van der Waals surface area contributed by atoms with Gasteiger partial charge in [-0.2, -0.15) is 4.31 Å². The maximum absolute atomic E-state index is 13.0. The Labute approximate surface area is 167 Å². The number of rotatable bonds is 6. The predicted octanol–water partition coefficient (Wildman–Crippen LogP) is 1.57. The maximum Gasteiger partial charge on any atom is 0.285 e. The maximum atomic E-state index is 13.0. The fourth-order valence-electron chi connectivity index (χ4n) is 3.13. The zero-order chi connectivity index (χ0) is 21.0. The Hall–Kier alpha value is -3.05. The van der Waals surface area contributed by atoms with Crippen LogP contribution in [0.1, 0.15) is 19.3 Å².